The maximum absolute atomic E-state index is 10.7. The summed E-state index contributed by atoms with van der Waals surface area (Å²) in [5.41, 5.74) is 2.17. The Bertz CT molecular complexity index is 620. The summed E-state index contributed by atoms with van der Waals surface area (Å²) >= 11 is 1.17. The van der Waals surface area contributed by atoms with E-state index in [1.165, 1.54) is 30.3 Å². The van der Waals surface area contributed by atoms with Crippen molar-refractivity contribution in [3.63, 3.8) is 0 Å². The van der Waals surface area contributed by atoms with E-state index < -0.39 is 5.97 Å². The zero-order valence-electron chi connectivity index (χ0n) is 11.5. The van der Waals surface area contributed by atoms with Crippen LogP contribution in [0.3, 0.4) is 0 Å². The Hall–Kier alpha value is -2.02. The molecule has 3 rings (SSSR count). The highest BCUT2D eigenvalue weighted by atomic mass is 32.2. The van der Waals surface area contributed by atoms with Crippen molar-refractivity contribution in [3.05, 3.63) is 30.6 Å². The van der Waals surface area contributed by atoms with Gasteiger partial charge in [0.25, 0.3) is 0 Å². The molecule has 2 aromatic rings. The third-order valence-electron chi connectivity index (χ3n) is 3.44. The predicted octanol–water partition coefficient (Wildman–Crippen LogP) is 2.04. The summed E-state index contributed by atoms with van der Waals surface area (Å²) in [5.74, 6) is -0.885. The van der Waals surface area contributed by atoms with Crippen LogP contribution in [0.25, 0.3) is 5.69 Å². The van der Waals surface area contributed by atoms with Gasteiger partial charge in [0.15, 0.2) is 5.16 Å². The van der Waals surface area contributed by atoms with Crippen molar-refractivity contribution >= 4 is 23.4 Å². The summed E-state index contributed by atoms with van der Waals surface area (Å²) in [6.07, 6.45) is 4.11. The number of thioether (sulfide) groups is 1. The second-order valence-electron chi connectivity index (χ2n) is 4.88. The van der Waals surface area contributed by atoms with Crippen LogP contribution in [0, 0.1) is 0 Å². The highest BCUT2D eigenvalue weighted by molar-refractivity contribution is 7.99. The van der Waals surface area contributed by atoms with Crippen LogP contribution in [0.2, 0.25) is 0 Å². The molecule has 1 N–H and O–H groups in total. The largest absolute Gasteiger partial charge is 0.481 e. The Kier molecular flexibility index (Phi) is 4.10. The number of carboxylic acid groups (broad SMARTS) is 1. The van der Waals surface area contributed by atoms with Crippen LogP contribution in [-0.2, 0) is 4.79 Å². The van der Waals surface area contributed by atoms with Gasteiger partial charge in [-0.25, -0.2) is 0 Å². The van der Waals surface area contributed by atoms with Crippen LogP contribution in [0.15, 0.2) is 35.7 Å². The van der Waals surface area contributed by atoms with Crippen LogP contribution < -0.4 is 4.90 Å². The number of rotatable bonds is 5. The van der Waals surface area contributed by atoms with Crippen molar-refractivity contribution in [1.82, 2.24) is 14.8 Å². The van der Waals surface area contributed by atoms with Gasteiger partial charge in [0.1, 0.15) is 6.33 Å². The quantitative estimate of drug-likeness (QED) is 0.852. The van der Waals surface area contributed by atoms with E-state index >= 15 is 0 Å². The van der Waals surface area contributed by atoms with E-state index in [2.05, 4.69) is 27.2 Å². The highest BCUT2D eigenvalue weighted by Gasteiger charge is 2.13. The van der Waals surface area contributed by atoms with Crippen LogP contribution in [0.5, 0.6) is 0 Å². The number of aromatic nitrogens is 3. The lowest BCUT2D eigenvalue weighted by Crippen LogP contribution is -2.17. The van der Waals surface area contributed by atoms with E-state index in [4.69, 9.17) is 5.11 Å². The van der Waals surface area contributed by atoms with Crippen molar-refractivity contribution < 1.29 is 9.90 Å². The number of hydrogen-bond acceptors (Lipinski definition) is 5. The van der Waals surface area contributed by atoms with Gasteiger partial charge in [-0.3, -0.25) is 9.36 Å². The number of nitrogens with zero attached hydrogens (tertiary/aromatic N) is 4. The average Bonchev–Trinajstić information content (AvgIpc) is 3.17. The maximum atomic E-state index is 10.7. The molecule has 1 aliphatic rings. The molecule has 1 aliphatic heterocycles. The normalized spacial score (nSPS) is 14.6. The fraction of sp³-hybridized carbons (Fsp3) is 0.357. The summed E-state index contributed by atoms with van der Waals surface area (Å²) in [6, 6.07) is 8.21. The lowest BCUT2D eigenvalue weighted by atomic mass is 10.2. The van der Waals surface area contributed by atoms with E-state index in [0.29, 0.717) is 5.16 Å². The molecule has 0 aliphatic carbocycles. The fourth-order valence-corrected chi connectivity index (χ4v) is 3.07. The van der Waals surface area contributed by atoms with Gasteiger partial charge in [0.05, 0.1) is 5.75 Å². The monoisotopic (exact) mass is 304 g/mol. The Balaban J connectivity index is 1.77. The van der Waals surface area contributed by atoms with Gasteiger partial charge in [0, 0.05) is 24.5 Å². The van der Waals surface area contributed by atoms with Crippen LogP contribution >= 0.6 is 11.8 Å². The summed E-state index contributed by atoms with van der Waals surface area (Å²) in [4.78, 5) is 13.0. The minimum Gasteiger partial charge on any atom is -0.481 e. The molecule has 21 heavy (non-hydrogen) atoms. The van der Waals surface area contributed by atoms with E-state index in [-0.39, 0.29) is 5.75 Å². The third kappa shape index (κ3) is 3.18. The van der Waals surface area contributed by atoms with E-state index in [0.717, 1.165) is 18.8 Å². The van der Waals surface area contributed by atoms with Crippen molar-refractivity contribution in [3.8, 4) is 5.69 Å². The second kappa shape index (κ2) is 6.17. The summed E-state index contributed by atoms with van der Waals surface area (Å²) in [5, 5.41) is 17.2. The van der Waals surface area contributed by atoms with Crippen LogP contribution in [-0.4, -0.2) is 44.7 Å². The first-order chi connectivity index (χ1) is 10.2. The van der Waals surface area contributed by atoms with Gasteiger partial charge < -0.3 is 10.0 Å². The molecule has 0 spiro atoms. The summed E-state index contributed by atoms with van der Waals surface area (Å²) in [7, 11) is 0. The summed E-state index contributed by atoms with van der Waals surface area (Å²) in [6.45, 7) is 2.23. The lowest BCUT2D eigenvalue weighted by Gasteiger charge is -2.17. The molecule has 0 bridgehead atoms. The van der Waals surface area contributed by atoms with Crippen LogP contribution in [0.1, 0.15) is 12.8 Å². The van der Waals surface area contributed by atoms with Gasteiger partial charge in [-0.05, 0) is 37.1 Å². The minimum atomic E-state index is -0.862. The number of benzene rings is 1. The van der Waals surface area contributed by atoms with Crippen molar-refractivity contribution in [2.24, 2.45) is 0 Å². The molecule has 7 heteroatoms. The zero-order valence-corrected chi connectivity index (χ0v) is 12.3. The van der Waals surface area contributed by atoms with Gasteiger partial charge >= 0.3 is 5.97 Å². The van der Waals surface area contributed by atoms with Crippen molar-refractivity contribution in [2.45, 2.75) is 18.0 Å². The lowest BCUT2D eigenvalue weighted by molar-refractivity contribution is -0.133. The van der Waals surface area contributed by atoms with Gasteiger partial charge in [0.2, 0.25) is 0 Å². The topological polar surface area (TPSA) is 71.2 Å². The maximum Gasteiger partial charge on any atom is 0.313 e. The first-order valence-electron chi connectivity index (χ1n) is 6.84. The smallest absolute Gasteiger partial charge is 0.313 e. The molecule has 0 atom stereocenters. The SMILES string of the molecule is O=C(O)CSc1nncn1-c1ccc(N2CCCC2)cc1. The van der Waals surface area contributed by atoms with Crippen LogP contribution in [0.4, 0.5) is 5.69 Å². The molecule has 1 saturated heterocycles. The van der Waals surface area contributed by atoms with Gasteiger partial charge in [-0.15, -0.1) is 10.2 Å². The standard InChI is InChI=1S/C14H16N4O2S/c19-13(20)9-21-14-16-15-10-18(14)12-5-3-11(4-6-12)17-7-1-2-8-17/h3-6,10H,1-2,7-9H2,(H,19,20). The molecule has 0 unspecified atom stereocenters. The Morgan fingerprint density at radius 2 is 1.86 bits per heavy atom. The van der Waals surface area contributed by atoms with Gasteiger partial charge in [-0.2, -0.15) is 0 Å². The predicted molar refractivity (Wildman–Crippen MR) is 81.2 cm³/mol. The molecule has 6 nitrogen and oxygen atoms in total. The number of carbonyl (C=O) groups is 1. The minimum absolute atomic E-state index is 0.0233. The molecule has 1 aromatic heterocycles. The molecule has 1 fully saturated rings. The fourth-order valence-electron chi connectivity index (χ4n) is 2.43. The molecular weight excluding hydrogens is 288 g/mol. The molecule has 0 amide bonds. The zero-order chi connectivity index (χ0) is 14.7. The molecule has 0 radical (unpaired) electrons. The third-order valence-corrected chi connectivity index (χ3v) is 4.37. The summed E-state index contributed by atoms with van der Waals surface area (Å²) < 4.78 is 1.81. The van der Waals surface area contributed by atoms with E-state index in [1.54, 1.807) is 10.9 Å². The first kappa shape index (κ1) is 13.9. The molecular formula is C14H16N4O2S. The first-order valence-corrected chi connectivity index (χ1v) is 7.82. The number of hydrogen-bond donors (Lipinski definition) is 1. The second-order valence-corrected chi connectivity index (χ2v) is 5.82. The molecule has 0 saturated carbocycles. The number of aliphatic carboxylic acids is 1. The van der Waals surface area contributed by atoms with Gasteiger partial charge in [-0.1, -0.05) is 11.8 Å². The molecule has 110 valence electrons. The average molecular weight is 304 g/mol. The number of carboxylic acids is 1. The number of anilines is 1. The Labute approximate surface area is 126 Å². The van der Waals surface area contributed by atoms with E-state index in [9.17, 15) is 4.79 Å². The Morgan fingerprint density at radius 3 is 2.52 bits per heavy atom. The van der Waals surface area contributed by atoms with E-state index in [1.807, 2.05) is 12.1 Å². The van der Waals surface area contributed by atoms with Crippen molar-refractivity contribution in [2.75, 3.05) is 23.7 Å². The highest BCUT2D eigenvalue weighted by Crippen LogP contribution is 2.24. The molecule has 1 aromatic carbocycles. The Morgan fingerprint density at radius 1 is 1.19 bits per heavy atom. The molecule has 2 heterocycles. The van der Waals surface area contributed by atoms with Crippen molar-refractivity contribution in [1.29, 1.82) is 0 Å².